The van der Waals surface area contributed by atoms with E-state index in [-0.39, 0.29) is 42.6 Å². The Kier molecular flexibility index (Phi) is 9.06. The van der Waals surface area contributed by atoms with Gasteiger partial charge in [0.25, 0.3) is 0 Å². The van der Waals surface area contributed by atoms with Crippen LogP contribution in [-0.2, 0) is 4.79 Å². The van der Waals surface area contributed by atoms with Gasteiger partial charge in [-0.15, -0.1) is 24.8 Å². The molecule has 0 heterocycles. The molecule has 132 valence electrons. The molecule has 23 heavy (non-hydrogen) atoms. The minimum Gasteiger partial charge on any atom is -0.353 e. The molecule has 4 nitrogen and oxygen atoms in total. The monoisotopic (exact) mass is 365 g/mol. The first-order valence-corrected chi connectivity index (χ1v) is 7.41. The molecule has 1 fully saturated rings. The minimum atomic E-state index is -0.709. The molecule has 1 aliphatic rings. The van der Waals surface area contributed by atoms with Crippen LogP contribution < -0.4 is 11.1 Å². The molecule has 0 radical (unpaired) electrons. The lowest BCUT2D eigenvalue weighted by atomic mass is 9.97. The number of hydrogen-bond donors (Lipinski definition) is 2. The predicted octanol–water partition coefficient (Wildman–Crippen LogP) is 2.66. The maximum Gasteiger partial charge on any atom is 0.240 e. The number of hydrogen-bond acceptors (Lipinski definition) is 3. The average Bonchev–Trinajstić information content (AvgIpc) is 2.88. The number of carbonyl (C=O) groups excluding carboxylic acids is 1. The van der Waals surface area contributed by atoms with Crippen molar-refractivity contribution in [3.63, 3.8) is 0 Å². The maximum atomic E-state index is 13.0. The number of carbonyl (C=O) groups is 1. The second-order valence-electron chi connectivity index (χ2n) is 6.10. The largest absolute Gasteiger partial charge is 0.353 e. The maximum absolute atomic E-state index is 13.0. The Labute approximate surface area is 149 Å². The van der Waals surface area contributed by atoms with E-state index in [9.17, 15) is 9.18 Å². The normalized spacial score (nSPS) is 17.1. The summed E-state index contributed by atoms with van der Waals surface area (Å²) in [7, 11) is 3.88. The molecule has 0 spiro atoms. The Morgan fingerprint density at radius 2 is 1.78 bits per heavy atom. The zero-order valence-electron chi connectivity index (χ0n) is 13.5. The molecule has 0 bridgehead atoms. The van der Waals surface area contributed by atoms with Crippen molar-refractivity contribution in [3.8, 4) is 0 Å². The average molecular weight is 366 g/mol. The van der Waals surface area contributed by atoms with Gasteiger partial charge in [-0.25, -0.2) is 4.39 Å². The molecule has 0 aliphatic heterocycles. The molecule has 1 aromatic rings. The van der Waals surface area contributed by atoms with Crippen molar-refractivity contribution in [2.45, 2.75) is 37.3 Å². The van der Waals surface area contributed by atoms with Crippen molar-refractivity contribution in [1.29, 1.82) is 0 Å². The van der Waals surface area contributed by atoms with Crippen LogP contribution in [0, 0.1) is 5.82 Å². The first kappa shape index (κ1) is 22.1. The van der Waals surface area contributed by atoms with E-state index in [0.29, 0.717) is 6.54 Å². The van der Waals surface area contributed by atoms with Gasteiger partial charge in [0.2, 0.25) is 5.91 Å². The van der Waals surface area contributed by atoms with Gasteiger partial charge in [0.15, 0.2) is 0 Å². The smallest absolute Gasteiger partial charge is 0.240 e. The zero-order chi connectivity index (χ0) is 15.5. The Hall–Kier alpha value is -0.880. The fourth-order valence-electron chi connectivity index (χ4n) is 2.88. The minimum absolute atomic E-state index is 0. The Bertz CT molecular complexity index is 491. The second-order valence-corrected chi connectivity index (χ2v) is 6.10. The fourth-order valence-corrected chi connectivity index (χ4v) is 2.88. The lowest BCUT2D eigenvalue weighted by molar-refractivity contribution is -0.126. The van der Waals surface area contributed by atoms with Gasteiger partial charge in [-0.05, 0) is 44.6 Å². The summed E-state index contributed by atoms with van der Waals surface area (Å²) in [6, 6.07) is 6.38. The van der Waals surface area contributed by atoms with Crippen LogP contribution in [0.5, 0.6) is 0 Å². The first-order chi connectivity index (χ1) is 9.92. The zero-order valence-corrected chi connectivity index (χ0v) is 15.2. The number of rotatable bonds is 5. The number of benzene rings is 1. The summed E-state index contributed by atoms with van der Waals surface area (Å²) in [5.41, 5.74) is 6.41. The van der Waals surface area contributed by atoms with Crippen LogP contribution in [0.2, 0.25) is 0 Å². The molecule has 2 rings (SSSR count). The third-order valence-electron chi connectivity index (χ3n) is 4.28. The van der Waals surface area contributed by atoms with Crippen LogP contribution in [0.1, 0.15) is 37.3 Å². The van der Waals surface area contributed by atoms with Crippen molar-refractivity contribution in [3.05, 3.63) is 35.6 Å². The molecule has 1 aliphatic carbocycles. The van der Waals surface area contributed by atoms with Gasteiger partial charge in [0.05, 0.1) is 11.6 Å². The molecule has 3 N–H and O–H groups in total. The lowest BCUT2D eigenvalue weighted by Gasteiger charge is -2.28. The number of likely N-dealkylation sites (N-methyl/N-ethyl adjacent to an activating group) is 1. The van der Waals surface area contributed by atoms with Gasteiger partial charge in [0, 0.05) is 6.54 Å². The number of amides is 1. The van der Waals surface area contributed by atoms with Crippen LogP contribution in [0.15, 0.2) is 24.3 Å². The highest BCUT2D eigenvalue weighted by Gasteiger charge is 2.37. The van der Waals surface area contributed by atoms with Gasteiger partial charge < -0.3 is 16.0 Å². The van der Waals surface area contributed by atoms with Crippen LogP contribution >= 0.6 is 24.8 Å². The molecule has 7 heteroatoms. The Morgan fingerprint density at radius 1 is 1.26 bits per heavy atom. The fraction of sp³-hybridized carbons (Fsp3) is 0.562. The van der Waals surface area contributed by atoms with Gasteiger partial charge >= 0.3 is 0 Å². The van der Waals surface area contributed by atoms with E-state index in [1.807, 2.05) is 19.0 Å². The molecular weight excluding hydrogens is 340 g/mol. The van der Waals surface area contributed by atoms with E-state index in [2.05, 4.69) is 5.32 Å². The molecule has 1 atom stereocenters. The SMILES string of the molecule is CN(C)C(CNC(=O)C1(N)CCCC1)c1ccc(F)cc1.Cl.Cl. The molecule has 0 saturated heterocycles. The quantitative estimate of drug-likeness (QED) is 0.843. The summed E-state index contributed by atoms with van der Waals surface area (Å²) in [5, 5.41) is 2.96. The highest BCUT2D eigenvalue weighted by atomic mass is 35.5. The number of nitrogens with two attached hydrogens (primary N) is 1. The topological polar surface area (TPSA) is 58.4 Å². The Morgan fingerprint density at radius 3 is 2.26 bits per heavy atom. The standard InChI is InChI=1S/C16H24FN3O.2ClH/c1-20(2)14(12-5-7-13(17)8-6-12)11-19-15(21)16(18)9-3-4-10-16;;/h5-8,14H,3-4,9-11,18H2,1-2H3,(H,19,21);2*1H. The summed E-state index contributed by atoms with van der Waals surface area (Å²) in [6.45, 7) is 0.469. The number of nitrogens with zero attached hydrogens (tertiary/aromatic N) is 1. The summed E-state index contributed by atoms with van der Waals surface area (Å²) in [6.07, 6.45) is 3.53. The van der Waals surface area contributed by atoms with Crippen LogP contribution in [0.25, 0.3) is 0 Å². The summed E-state index contributed by atoms with van der Waals surface area (Å²) in [5.74, 6) is -0.332. The van der Waals surface area contributed by atoms with Crippen molar-refractivity contribution in [2.75, 3.05) is 20.6 Å². The molecule has 0 aromatic heterocycles. The first-order valence-electron chi connectivity index (χ1n) is 7.41. The van der Waals surface area contributed by atoms with Crippen molar-refractivity contribution >= 4 is 30.7 Å². The van der Waals surface area contributed by atoms with Crippen molar-refractivity contribution in [2.24, 2.45) is 5.73 Å². The van der Waals surface area contributed by atoms with Crippen molar-refractivity contribution in [1.82, 2.24) is 10.2 Å². The Balaban J connectivity index is 0.00000242. The highest BCUT2D eigenvalue weighted by molar-refractivity contribution is 5.86. The third kappa shape index (κ3) is 5.60. The van der Waals surface area contributed by atoms with Gasteiger partial charge in [-0.2, -0.15) is 0 Å². The number of nitrogens with one attached hydrogen (secondary N) is 1. The lowest BCUT2D eigenvalue weighted by Crippen LogP contribution is -2.53. The number of halogens is 3. The second kappa shape index (κ2) is 9.42. The molecule has 1 amide bonds. The van der Waals surface area contributed by atoms with Crippen LogP contribution in [-0.4, -0.2) is 37.0 Å². The van der Waals surface area contributed by atoms with E-state index in [1.165, 1.54) is 12.1 Å². The summed E-state index contributed by atoms with van der Waals surface area (Å²) in [4.78, 5) is 14.3. The highest BCUT2D eigenvalue weighted by Crippen LogP contribution is 2.27. The molecule has 1 unspecified atom stereocenters. The van der Waals surface area contributed by atoms with Gasteiger partial charge in [-0.1, -0.05) is 25.0 Å². The summed E-state index contributed by atoms with van der Waals surface area (Å²) < 4.78 is 13.0. The summed E-state index contributed by atoms with van der Waals surface area (Å²) >= 11 is 0. The predicted molar refractivity (Wildman–Crippen MR) is 95.7 cm³/mol. The van der Waals surface area contributed by atoms with Gasteiger partial charge in [0.1, 0.15) is 5.82 Å². The van der Waals surface area contributed by atoms with Gasteiger partial charge in [-0.3, -0.25) is 4.79 Å². The van der Waals surface area contributed by atoms with E-state index in [0.717, 1.165) is 31.2 Å². The van der Waals surface area contributed by atoms with E-state index in [4.69, 9.17) is 5.73 Å². The van der Waals surface area contributed by atoms with E-state index >= 15 is 0 Å². The van der Waals surface area contributed by atoms with Crippen molar-refractivity contribution < 1.29 is 9.18 Å². The molecule has 1 saturated carbocycles. The van der Waals surface area contributed by atoms with E-state index < -0.39 is 5.54 Å². The molecule has 1 aromatic carbocycles. The van der Waals surface area contributed by atoms with Crippen LogP contribution in [0.4, 0.5) is 4.39 Å². The third-order valence-corrected chi connectivity index (χ3v) is 4.28. The van der Waals surface area contributed by atoms with E-state index in [1.54, 1.807) is 12.1 Å². The van der Waals surface area contributed by atoms with Crippen LogP contribution in [0.3, 0.4) is 0 Å². The molecular formula is C16H26Cl2FN3O.